The fourth-order valence-electron chi connectivity index (χ4n) is 3.73. The lowest BCUT2D eigenvalue weighted by molar-refractivity contribution is 0.197. The number of ether oxygens (including phenoxy) is 1. The van der Waals surface area contributed by atoms with Gasteiger partial charge in [0.05, 0.1) is 12.6 Å². The molecule has 4 heteroatoms. The van der Waals surface area contributed by atoms with Gasteiger partial charge in [-0.1, -0.05) is 36.4 Å². The lowest BCUT2D eigenvalue weighted by atomic mass is 9.95. The molecule has 25 heavy (non-hydrogen) atoms. The highest BCUT2D eigenvalue weighted by Gasteiger charge is 2.29. The molecule has 1 aromatic heterocycles. The summed E-state index contributed by atoms with van der Waals surface area (Å²) in [5.41, 5.74) is 1.31. The molecule has 3 aromatic rings. The van der Waals surface area contributed by atoms with E-state index < -0.39 is 0 Å². The smallest absolute Gasteiger partial charge is 0.125 e. The Labute approximate surface area is 153 Å². The van der Waals surface area contributed by atoms with Gasteiger partial charge in [0.25, 0.3) is 0 Å². The fraction of sp³-hybridized carbons (Fsp3) is 0.333. The molecule has 1 N–H and O–H groups in total. The van der Waals surface area contributed by atoms with Gasteiger partial charge in [-0.25, -0.2) is 0 Å². The zero-order chi connectivity index (χ0) is 17.1. The Balaban J connectivity index is 1.92. The molecule has 130 valence electrons. The highest BCUT2D eigenvalue weighted by atomic mass is 32.1. The number of thiophene rings is 1. The van der Waals surface area contributed by atoms with Gasteiger partial charge in [-0.05, 0) is 35.2 Å². The second-order valence-electron chi connectivity index (χ2n) is 6.34. The molecule has 1 aliphatic rings. The largest absolute Gasteiger partial charge is 0.493 e. The van der Waals surface area contributed by atoms with Gasteiger partial charge in [0.15, 0.2) is 0 Å². The predicted octanol–water partition coefficient (Wildman–Crippen LogP) is 4.29. The van der Waals surface area contributed by atoms with E-state index >= 15 is 0 Å². The second-order valence-corrected chi connectivity index (χ2v) is 7.31. The Hall–Kier alpha value is -1.88. The van der Waals surface area contributed by atoms with Crippen LogP contribution >= 0.6 is 11.3 Å². The molecule has 0 unspecified atom stereocenters. The summed E-state index contributed by atoms with van der Waals surface area (Å²) in [5.74, 6) is 1.01. The van der Waals surface area contributed by atoms with E-state index in [1.807, 2.05) is 11.3 Å². The zero-order valence-electron chi connectivity index (χ0n) is 14.6. The summed E-state index contributed by atoms with van der Waals surface area (Å²) >= 11 is 1.84. The molecule has 0 radical (unpaired) electrons. The topological polar surface area (TPSA) is 24.5 Å². The SMILES string of the molecule is CCOc1ccc2ccccc2c1[C@@H](c1cccs1)N1CCNCC1. The summed E-state index contributed by atoms with van der Waals surface area (Å²) < 4.78 is 6.08. The summed E-state index contributed by atoms with van der Waals surface area (Å²) in [6, 6.07) is 17.6. The van der Waals surface area contributed by atoms with Gasteiger partial charge in [-0.2, -0.15) is 0 Å². The molecular weight excluding hydrogens is 328 g/mol. The molecule has 3 nitrogen and oxygen atoms in total. The van der Waals surface area contributed by atoms with Gasteiger partial charge >= 0.3 is 0 Å². The van der Waals surface area contributed by atoms with Gasteiger partial charge in [-0.15, -0.1) is 11.3 Å². The molecule has 2 heterocycles. The van der Waals surface area contributed by atoms with Crippen molar-refractivity contribution in [3.05, 3.63) is 64.4 Å². The molecule has 0 saturated carbocycles. The Morgan fingerprint density at radius 3 is 2.68 bits per heavy atom. The van der Waals surface area contributed by atoms with Gasteiger partial charge in [0.2, 0.25) is 0 Å². The minimum atomic E-state index is 0.245. The Bertz CT molecular complexity index is 825. The number of rotatable bonds is 5. The van der Waals surface area contributed by atoms with E-state index in [0.29, 0.717) is 6.61 Å². The standard InChI is InChI=1S/C21H24N2OS/c1-2-24-18-10-9-16-6-3-4-7-17(16)20(18)21(19-8-5-15-25-19)23-13-11-22-12-14-23/h3-10,15,21-22H,2,11-14H2,1H3/t21-/m1/s1. The lowest BCUT2D eigenvalue weighted by Gasteiger charge is -2.36. The quantitative estimate of drug-likeness (QED) is 0.741. The van der Waals surface area contributed by atoms with Gasteiger partial charge < -0.3 is 10.1 Å². The number of benzene rings is 2. The van der Waals surface area contributed by atoms with E-state index in [1.54, 1.807) is 0 Å². The predicted molar refractivity (Wildman–Crippen MR) is 106 cm³/mol. The molecular formula is C21H24N2OS. The first-order chi connectivity index (χ1) is 12.4. The van der Waals surface area contributed by atoms with Crippen LogP contribution in [0.1, 0.15) is 23.4 Å². The van der Waals surface area contributed by atoms with Crippen molar-refractivity contribution in [3.63, 3.8) is 0 Å². The second kappa shape index (κ2) is 7.56. The van der Waals surface area contributed by atoms with Crippen LogP contribution in [0.4, 0.5) is 0 Å². The van der Waals surface area contributed by atoms with Crippen LogP contribution < -0.4 is 10.1 Å². The molecule has 0 amide bonds. The first-order valence-electron chi connectivity index (χ1n) is 9.01. The van der Waals surface area contributed by atoms with Crippen LogP contribution in [0, 0.1) is 0 Å². The van der Waals surface area contributed by atoms with Crippen molar-refractivity contribution in [2.45, 2.75) is 13.0 Å². The molecule has 1 saturated heterocycles. The maximum absolute atomic E-state index is 6.08. The lowest BCUT2D eigenvalue weighted by Crippen LogP contribution is -2.45. The van der Waals surface area contributed by atoms with Crippen LogP contribution in [0.5, 0.6) is 5.75 Å². The van der Waals surface area contributed by atoms with Crippen LogP contribution in [0.15, 0.2) is 53.9 Å². The molecule has 1 atom stereocenters. The van der Waals surface area contributed by atoms with Crippen LogP contribution in [-0.4, -0.2) is 37.7 Å². The first-order valence-corrected chi connectivity index (χ1v) is 9.89. The van der Waals surface area contributed by atoms with E-state index in [-0.39, 0.29) is 6.04 Å². The Morgan fingerprint density at radius 1 is 1.08 bits per heavy atom. The molecule has 1 aliphatic heterocycles. The number of hydrogen-bond donors (Lipinski definition) is 1. The normalized spacial score (nSPS) is 16.8. The summed E-state index contributed by atoms with van der Waals surface area (Å²) in [6.07, 6.45) is 0. The van der Waals surface area contributed by atoms with Crippen molar-refractivity contribution in [3.8, 4) is 5.75 Å². The molecule has 0 bridgehead atoms. The third kappa shape index (κ3) is 3.30. The number of fused-ring (bicyclic) bond motifs is 1. The van der Waals surface area contributed by atoms with Crippen molar-refractivity contribution in [1.82, 2.24) is 10.2 Å². The third-order valence-electron chi connectivity index (χ3n) is 4.83. The molecule has 4 rings (SSSR count). The molecule has 1 fully saturated rings. The minimum absolute atomic E-state index is 0.245. The van der Waals surface area contributed by atoms with Crippen LogP contribution in [0.3, 0.4) is 0 Å². The van der Waals surface area contributed by atoms with Crippen LogP contribution in [0.25, 0.3) is 10.8 Å². The zero-order valence-corrected chi connectivity index (χ0v) is 15.4. The van der Waals surface area contributed by atoms with E-state index in [0.717, 1.165) is 31.9 Å². The summed E-state index contributed by atoms with van der Waals surface area (Å²) in [7, 11) is 0. The van der Waals surface area contributed by atoms with Crippen molar-refractivity contribution >= 4 is 22.1 Å². The molecule has 0 aliphatic carbocycles. The van der Waals surface area contributed by atoms with Crippen LogP contribution in [0.2, 0.25) is 0 Å². The highest BCUT2D eigenvalue weighted by molar-refractivity contribution is 7.10. The summed E-state index contributed by atoms with van der Waals surface area (Å²) in [4.78, 5) is 3.98. The van der Waals surface area contributed by atoms with Crippen LogP contribution in [-0.2, 0) is 0 Å². The van der Waals surface area contributed by atoms with E-state index in [4.69, 9.17) is 4.74 Å². The number of piperazine rings is 1. The monoisotopic (exact) mass is 352 g/mol. The molecule has 2 aromatic carbocycles. The van der Waals surface area contributed by atoms with E-state index in [1.165, 1.54) is 21.2 Å². The average molecular weight is 353 g/mol. The summed E-state index contributed by atoms with van der Waals surface area (Å²) in [5, 5.41) is 8.22. The number of nitrogens with zero attached hydrogens (tertiary/aromatic N) is 1. The minimum Gasteiger partial charge on any atom is -0.493 e. The molecule has 0 spiro atoms. The van der Waals surface area contributed by atoms with E-state index in [2.05, 4.69) is 71.1 Å². The van der Waals surface area contributed by atoms with Crippen molar-refractivity contribution < 1.29 is 4.74 Å². The van der Waals surface area contributed by atoms with Gasteiger partial charge in [0, 0.05) is 36.6 Å². The highest BCUT2D eigenvalue weighted by Crippen LogP contribution is 2.41. The Morgan fingerprint density at radius 2 is 1.92 bits per heavy atom. The summed E-state index contributed by atoms with van der Waals surface area (Å²) in [6.45, 7) is 6.93. The maximum Gasteiger partial charge on any atom is 0.125 e. The third-order valence-corrected chi connectivity index (χ3v) is 5.76. The Kier molecular flexibility index (Phi) is 5.02. The maximum atomic E-state index is 6.08. The number of hydrogen-bond acceptors (Lipinski definition) is 4. The fourth-order valence-corrected chi connectivity index (χ4v) is 4.60. The number of nitrogens with one attached hydrogen (secondary N) is 1. The van der Waals surface area contributed by atoms with Gasteiger partial charge in [-0.3, -0.25) is 4.90 Å². The van der Waals surface area contributed by atoms with Crippen molar-refractivity contribution in [1.29, 1.82) is 0 Å². The first kappa shape index (κ1) is 16.6. The average Bonchev–Trinajstić information content (AvgIpc) is 3.19. The van der Waals surface area contributed by atoms with E-state index in [9.17, 15) is 0 Å². The van der Waals surface area contributed by atoms with Crippen molar-refractivity contribution in [2.75, 3.05) is 32.8 Å². The van der Waals surface area contributed by atoms with Crippen molar-refractivity contribution in [2.24, 2.45) is 0 Å². The van der Waals surface area contributed by atoms with Gasteiger partial charge in [0.1, 0.15) is 5.75 Å².